The molecule has 24 heavy (non-hydrogen) atoms. The van der Waals surface area contributed by atoms with E-state index in [1.54, 1.807) is 25.3 Å². The molecule has 1 heterocycles. The summed E-state index contributed by atoms with van der Waals surface area (Å²) in [5.74, 6) is 0.155. The number of aliphatic hydroxyl groups is 1. The van der Waals surface area contributed by atoms with Gasteiger partial charge in [-0.2, -0.15) is 0 Å². The number of thioether (sulfide) groups is 1. The first kappa shape index (κ1) is 18.4. The third kappa shape index (κ3) is 4.80. The Labute approximate surface area is 149 Å². The molecular formula is C16H18N2O4S2. The molecule has 0 atom stereocenters. The average Bonchev–Trinajstić information content (AvgIpc) is 2.83. The van der Waals surface area contributed by atoms with Gasteiger partial charge < -0.3 is 15.2 Å². The molecule has 8 heteroatoms. The number of nitrogens with one attached hydrogen (secondary N) is 1. The van der Waals surface area contributed by atoms with Crippen LogP contribution in [0, 0.1) is 0 Å². The fourth-order valence-corrected chi connectivity index (χ4v) is 3.25. The summed E-state index contributed by atoms with van der Waals surface area (Å²) in [6.07, 6.45) is 2.21. The van der Waals surface area contributed by atoms with Crippen molar-refractivity contribution in [3.8, 4) is 5.75 Å². The molecule has 2 rings (SSSR count). The maximum absolute atomic E-state index is 12.4. The first-order valence-corrected chi connectivity index (χ1v) is 8.54. The molecule has 1 aliphatic rings. The minimum atomic E-state index is -0.301. The van der Waals surface area contributed by atoms with Gasteiger partial charge in [-0.05, 0) is 30.2 Å². The fourth-order valence-electron chi connectivity index (χ4n) is 1.99. The van der Waals surface area contributed by atoms with Gasteiger partial charge in [0.05, 0.1) is 12.0 Å². The zero-order chi connectivity index (χ0) is 17.5. The van der Waals surface area contributed by atoms with Crippen LogP contribution in [0.2, 0.25) is 0 Å². The maximum Gasteiger partial charge on any atom is 0.266 e. The molecule has 0 spiro atoms. The summed E-state index contributed by atoms with van der Waals surface area (Å²) in [4.78, 5) is 26.0. The SMILES string of the molecule is COc1ccc(/C=C2\SC(=S)N(CC(=O)NCCCO)C2=O)cc1. The van der Waals surface area contributed by atoms with Crippen LogP contribution >= 0.6 is 24.0 Å². The van der Waals surface area contributed by atoms with Crippen molar-refractivity contribution in [2.24, 2.45) is 0 Å². The van der Waals surface area contributed by atoms with Crippen LogP contribution in [0.1, 0.15) is 12.0 Å². The van der Waals surface area contributed by atoms with E-state index in [4.69, 9.17) is 22.1 Å². The predicted octanol–water partition coefficient (Wildman–Crippen LogP) is 1.39. The molecule has 0 bridgehead atoms. The molecule has 0 aromatic heterocycles. The molecule has 2 N–H and O–H groups in total. The molecule has 0 aliphatic carbocycles. The minimum absolute atomic E-state index is 0.00589. The summed E-state index contributed by atoms with van der Waals surface area (Å²) < 4.78 is 5.45. The summed E-state index contributed by atoms with van der Waals surface area (Å²) in [7, 11) is 1.59. The lowest BCUT2D eigenvalue weighted by Gasteiger charge is -2.13. The Morgan fingerprint density at radius 1 is 1.42 bits per heavy atom. The van der Waals surface area contributed by atoms with Crippen molar-refractivity contribution in [2.75, 3.05) is 26.8 Å². The van der Waals surface area contributed by atoms with Gasteiger partial charge >= 0.3 is 0 Å². The van der Waals surface area contributed by atoms with Crippen LogP contribution in [0.3, 0.4) is 0 Å². The fraction of sp³-hybridized carbons (Fsp3) is 0.312. The van der Waals surface area contributed by atoms with Gasteiger partial charge in [0.25, 0.3) is 5.91 Å². The summed E-state index contributed by atoms with van der Waals surface area (Å²) in [5.41, 5.74) is 0.851. The highest BCUT2D eigenvalue weighted by Gasteiger charge is 2.33. The smallest absolute Gasteiger partial charge is 0.266 e. The number of aliphatic hydroxyl groups excluding tert-OH is 1. The number of rotatable bonds is 7. The van der Waals surface area contributed by atoms with Gasteiger partial charge in [-0.15, -0.1) is 0 Å². The first-order valence-electron chi connectivity index (χ1n) is 7.32. The normalized spacial score (nSPS) is 15.9. The number of carbonyl (C=O) groups excluding carboxylic acids is 2. The van der Waals surface area contributed by atoms with Crippen molar-refractivity contribution in [3.05, 3.63) is 34.7 Å². The van der Waals surface area contributed by atoms with Gasteiger partial charge in [0.15, 0.2) is 0 Å². The number of amides is 2. The second-order valence-corrected chi connectivity index (χ2v) is 6.64. The first-order chi connectivity index (χ1) is 11.5. The third-order valence-electron chi connectivity index (χ3n) is 3.25. The van der Waals surface area contributed by atoms with E-state index in [-0.39, 0.29) is 25.0 Å². The molecule has 1 aromatic carbocycles. The lowest BCUT2D eigenvalue weighted by molar-refractivity contribution is -0.128. The molecule has 1 aliphatic heterocycles. The number of hydrogen-bond acceptors (Lipinski definition) is 6. The number of methoxy groups -OCH3 is 1. The van der Waals surface area contributed by atoms with Gasteiger partial charge in [-0.25, -0.2) is 0 Å². The number of benzene rings is 1. The summed E-state index contributed by atoms with van der Waals surface area (Å²) in [6.45, 7) is 0.258. The van der Waals surface area contributed by atoms with Crippen molar-refractivity contribution in [2.45, 2.75) is 6.42 Å². The molecule has 0 radical (unpaired) electrons. The number of hydrogen-bond donors (Lipinski definition) is 2. The van der Waals surface area contributed by atoms with E-state index in [1.165, 1.54) is 16.7 Å². The van der Waals surface area contributed by atoms with Crippen LogP contribution in [-0.4, -0.2) is 52.9 Å². The summed E-state index contributed by atoms with van der Waals surface area (Å²) in [5, 5.41) is 11.3. The molecule has 1 saturated heterocycles. The quantitative estimate of drug-likeness (QED) is 0.431. The Morgan fingerprint density at radius 3 is 2.75 bits per heavy atom. The number of carbonyl (C=O) groups is 2. The Bertz CT molecular complexity index is 659. The van der Waals surface area contributed by atoms with Crippen LogP contribution in [0.4, 0.5) is 0 Å². The Balaban J connectivity index is 2.02. The van der Waals surface area contributed by atoms with E-state index in [0.717, 1.165) is 11.3 Å². The number of nitrogens with zero attached hydrogens (tertiary/aromatic N) is 1. The predicted molar refractivity (Wildman–Crippen MR) is 97.6 cm³/mol. The van der Waals surface area contributed by atoms with Crippen LogP contribution in [0.5, 0.6) is 5.75 Å². The second-order valence-electron chi connectivity index (χ2n) is 4.97. The van der Waals surface area contributed by atoms with Crippen molar-refractivity contribution in [1.82, 2.24) is 10.2 Å². The molecule has 0 saturated carbocycles. The molecule has 0 unspecified atom stereocenters. The van der Waals surface area contributed by atoms with E-state index in [2.05, 4.69) is 5.32 Å². The van der Waals surface area contributed by atoms with Gasteiger partial charge in [-0.3, -0.25) is 14.5 Å². The van der Waals surface area contributed by atoms with Crippen molar-refractivity contribution >= 4 is 46.2 Å². The molecule has 1 fully saturated rings. The standard InChI is InChI=1S/C16H18N2O4S2/c1-22-12-5-3-11(4-6-12)9-13-15(21)18(16(23)24-13)10-14(20)17-7-2-8-19/h3-6,9,19H,2,7-8,10H2,1H3,(H,17,20)/b13-9-. The molecule has 128 valence electrons. The minimum Gasteiger partial charge on any atom is -0.497 e. The molecular weight excluding hydrogens is 348 g/mol. The highest BCUT2D eigenvalue weighted by molar-refractivity contribution is 8.26. The van der Waals surface area contributed by atoms with E-state index >= 15 is 0 Å². The Morgan fingerprint density at radius 2 is 2.12 bits per heavy atom. The zero-order valence-electron chi connectivity index (χ0n) is 13.2. The van der Waals surface area contributed by atoms with E-state index in [0.29, 0.717) is 22.2 Å². The third-order valence-corrected chi connectivity index (χ3v) is 4.62. The van der Waals surface area contributed by atoms with Gasteiger partial charge in [0.1, 0.15) is 16.6 Å². The Kier molecular flexibility index (Phi) is 6.77. The van der Waals surface area contributed by atoms with E-state index in [9.17, 15) is 9.59 Å². The topological polar surface area (TPSA) is 78.9 Å². The largest absolute Gasteiger partial charge is 0.497 e. The maximum atomic E-state index is 12.4. The number of ether oxygens (including phenoxy) is 1. The average molecular weight is 366 g/mol. The lowest BCUT2D eigenvalue weighted by atomic mass is 10.2. The van der Waals surface area contributed by atoms with Crippen LogP contribution in [0.25, 0.3) is 6.08 Å². The number of thiocarbonyl (C=S) groups is 1. The Hall–Kier alpha value is -1.90. The highest BCUT2D eigenvalue weighted by Crippen LogP contribution is 2.32. The molecule has 1 aromatic rings. The zero-order valence-corrected chi connectivity index (χ0v) is 14.8. The summed E-state index contributed by atoms with van der Waals surface area (Å²) >= 11 is 6.37. The second kappa shape index (κ2) is 8.81. The summed E-state index contributed by atoms with van der Waals surface area (Å²) in [6, 6.07) is 7.29. The van der Waals surface area contributed by atoms with Crippen molar-refractivity contribution in [1.29, 1.82) is 0 Å². The van der Waals surface area contributed by atoms with Crippen molar-refractivity contribution < 1.29 is 19.4 Å². The van der Waals surface area contributed by atoms with Crippen LogP contribution < -0.4 is 10.1 Å². The molecule has 6 nitrogen and oxygen atoms in total. The van der Waals surface area contributed by atoms with Crippen molar-refractivity contribution in [3.63, 3.8) is 0 Å². The van der Waals surface area contributed by atoms with Gasteiger partial charge in [-0.1, -0.05) is 36.1 Å². The van der Waals surface area contributed by atoms with E-state index < -0.39 is 0 Å². The monoisotopic (exact) mass is 366 g/mol. The highest BCUT2D eigenvalue weighted by atomic mass is 32.2. The van der Waals surface area contributed by atoms with Crippen LogP contribution in [-0.2, 0) is 9.59 Å². The van der Waals surface area contributed by atoms with Crippen LogP contribution in [0.15, 0.2) is 29.2 Å². The van der Waals surface area contributed by atoms with Gasteiger partial charge in [0, 0.05) is 13.2 Å². The van der Waals surface area contributed by atoms with Gasteiger partial charge in [0.2, 0.25) is 5.91 Å². The molecule has 2 amide bonds. The lowest BCUT2D eigenvalue weighted by Crippen LogP contribution is -2.39. The van der Waals surface area contributed by atoms with E-state index in [1.807, 2.05) is 12.1 Å².